The van der Waals surface area contributed by atoms with E-state index in [1.54, 1.807) is 24.4 Å². The normalized spacial score (nSPS) is 17.8. The highest BCUT2D eigenvalue weighted by molar-refractivity contribution is 7.10. The maximum Gasteiger partial charge on any atom is 0.296 e. The summed E-state index contributed by atoms with van der Waals surface area (Å²) < 4.78 is 0. The summed E-state index contributed by atoms with van der Waals surface area (Å²) in [6.07, 6.45) is 1.61. The fourth-order valence-electron chi connectivity index (χ4n) is 3.54. The van der Waals surface area contributed by atoms with E-state index in [4.69, 9.17) is 0 Å². The Balaban J connectivity index is 1.84. The Morgan fingerprint density at radius 1 is 1.19 bits per heavy atom. The molecular formula is C22H17N3O5S. The van der Waals surface area contributed by atoms with Crippen LogP contribution in [0.5, 0.6) is 0 Å². The molecule has 1 amide bonds. The van der Waals surface area contributed by atoms with E-state index in [0.29, 0.717) is 5.69 Å². The van der Waals surface area contributed by atoms with Crippen LogP contribution in [0.15, 0.2) is 65.7 Å². The van der Waals surface area contributed by atoms with Crippen molar-refractivity contribution in [1.29, 1.82) is 0 Å². The fraction of sp³-hybridized carbons (Fsp3) is 0.136. The first kappa shape index (κ1) is 20.4. The highest BCUT2D eigenvalue weighted by atomic mass is 32.1. The summed E-state index contributed by atoms with van der Waals surface area (Å²) >= 11 is 1.39. The van der Waals surface area contributed by atoms with Crippen molar-refractivity contribution in [3.8, 4) is 0 Å². The molecule has 0 bridgehead atoms. The van der Waals surface area contributed by atoms with Gasteiger partial charge in [-0.25, -0.2) is 0 Å². The maximum absolute atomic E-state index is 13.0. The average Bonchev–Trinajstić information content (AvgIpc) is 3.30. The zero-order valence-electron chi connectivity index (χ0n) is 16.4. The minimum Gasteiger partial charge on any atom is -0.507 e. The number of nitro benzene ring substituents is 1. The van der Waals surface area contributed by atoms with Gasteiger partial charge in [0.25, 0.3) is 17.4 Å². The second kappa shape index (κ2) is 8.11. The summed E-state index contributed by atoms with van der Waals surface area (Å²) in [5, 5.41) is 23.8. The van der Waals surface area contributed by atoms with Gasteiger partial charge in [-0.2, -0.15) is 0 Å². The molecule has 1 aromatic carbocycles. The van der Waals surface area contributed by atoms with Crippen molar-refractivity contribution in [3.63, 3.8) is 0 Å². The van der Waals surface area contributed by atoms with Crippen LogP contribution in [0.1, 0.15) is 27.7 Å². The number of aliphatic hydroxyl groups excluding tert-OH is 1. The Kier molecular flexibility index (Phi) is 5.35. The number of ketones is 1. The number of carbonyl (C=O) groups is 2. The number of amides is 1. The van der Waals surface area contributed by atoms with Crippen molar-refractivity contribution in [1.82, 2.24) is 9.88 Å². The van der Waals surface area contributed by atoms with Crippen LogP contribution in [-0.2, 0) is 16.1 Å². The van der Waals surface area contributed by atoms with E-state index in [0.717, 1.165) is 10.4 Å². The van der Waals surface area contributed by atoms with Gasteiger partial charge in [0.2, 0.25) is 0 Å². The lowest BCUT2D eigenvalue weighted by Crippen LogP contribution is -2.29. The zero-order chi connectivity index (χ0) is 22.1. The number of non-ortho nitro benzene ring substituents is 1. The van der Waals surface area contributed by atoms with Gasteiger partial charge in [0.15, 0.2) is 0 Å². The first-order valence-electron chi connectivity index (χ1n) is 9.35. The lowest BCUT2D eigenvalue weighted by Gasteiger charge is -2.24. The molecule has 2 aromatic heterocycles. The van der Waals surface area contributed by atoms with Gasteiger partial charge in [0, 0.05) is 28.8 Å². The average molecular weight is 435 g/mol. The fourth-order valence-corrected chi connectivity index (χ4v) is 4.59. The Morgan fingerprint density at radius 3 is 2.52 bits per heavy atom. The molecular weight excluding hydrogens is 418 g/mol. The topological polar surface area (TPSA) is 114 Å². The first-order chi connectivity index (χ1) is 14.9. The predicted molar refractivity (Wildman–Crippen MR) is 114 cm³/mol. The molecule has 0 spiro atoms. The number of nitrogens with zero attached hydrogens (tertiary/aromatic N) is 3. The third-order valence-electron chi connectivity index (χ3n) is 5.10. The number of benzene rings is 1. The van der Waals surface area contributed by atoms with Gasteiger partial charge in [-0.1, -0.05) is 6.07 Å². The number of aryl methyl sites for hydroxylation is 1. The molecule has 1 N–H and O–H groups in total. The van der Waals surface area contributed by atoms with Crippen molar-refractivity contribution in [2.24, 2.45) is 0 Å². The SMILES string of the molecule is Cc1ccsc1C1/C(=C(/O)c2ccc([N+](=O)[O-])cc2)C(=O)C(=O)N1Cc1ccccn1. The minimum atomic E-state index is -0.801. The standard InChI is InChI=1S/C22H17N3O5S/c1-13-9-11-31-21(13)18-17(19(26)14-5-7-16(8-6-14)25(29)30)20(27)22(28)24(18)12-15-4-2-3-10-23-15/h2-11,18,26H,12H2,1H3/b19-17-. The van der Waals surface area contributed by atoms with Gasteiger partial charge in [-0.3, -0.25) is 24.7 Å². The first-order valence-corrected chi connectivity index (χ1v) is 10.2. The molecule has 1 unspecified atom stereocenters. The lowest BCUT2D eigenvalue weighted by atomic mass is 9.98. The maximum atomic E-state index is 13.0. The number of hydrogen-bond donors (Lipinski definition) is 1. The van der Waals surface area contributed by atoms with Gasteiger partial charge >= 0.3 is 0 Å². The molecule has 3 aromatic rings. The number of carbonyl (C=O) groups excluding carboxylic acids is 2. The quantitative estimate of drug-likeness (QED) is 0.213. The summed E-state index contributed by atoms with van der Waals surface area (Å²) in [5.74, 6) is -1.90. The number of nitro groups is 1. The molecule has 8 nitrogen and oxygen atoms in total. The molecule has 0 aliphatic carbocycles. The molecule has 0 radical (unpaired) electrons. The summed E-state index contributed by atoms with van der Waals surface area (Å²) in [6.45, 7) is 1.98. The molecule has 3 heterocycles. The van der Waals surface area contributed by atoms with E-state index in [1.165, 1.54) is 40.5 Å². The molecule has 1 aliphatic rings. The van der Waals surface area contributed by atoms with E-state index in [9.17, 15) is 24.8 Å². The van der Waals surface area contributed by atoms with Crippen LogP contribution in [-0.4, -0.2) is 31.6 Å². The second-order valence-electron chi connectivity index (χ2n) is 7.02. The van der Waals surface area contributed by atoms with Gasteiger partial charge in [-0.05, 0) is 48.2 Å². The number of pyridine rings is 1. The monoisotopic (exact) mass is 435 g/mol. The number of hydrogen-bond acceptors (Lipinski definition) is 7. The van der Waals surface area contributed by atoms with Crippen LogP contribution in [0.4, 0.5) is 5.69 Å². The number of Topliss-reactive ketones (excluding diaryl/α,β-unsaturated/α-hetero) is 1. The number of likely N-dealkylation sites (tertiary alicyclic amines) is 1. The Labute approximate surface area is 181 Å². The molecule has 9 heteroatoms. The molecule has 0 saturated carbocycles. The summed E-state index contributed by atoms with van der Waals surface area (Å²) in [6, 6.07) is 11.6. The van der Waals surface area contributed by atoms with Crippen LogP contribution in [0.3, 0.4) is 0 Å². The highest BCUT2D eigenvalue weighted by Gasteiger charge is 2.47. The molecule has 4 rings (SSSR count). The number of thiophene rings is 1. The zero-order valence-corrected chi connectivity index (χ0v) is 17.2. The largest absolute Gasteiger partial charge is 0.507 e. The van der Waals surface area contributed by atoms with Gasteiger partial charge in [0.1, 0.15) is 11.8 Å². The summed E-state index contributed by atoms with van der Waals surface area (Å²) in [4.78, 5) is 42.7. The Morgan fingerprint density at radius 2 is 1.94 bits per heavy atom. The van der Waals surface area contributed by atoms with Crippen LogP contribution >= 0.6 is 11.3 Å². The van der Waals surface area contributed by atoms with Gasteiger partial charge < -0.3 is 10.0 Å². The van der Waals surface area contributed by atoms with Gasteiger partial charge in [0.05, 0.1) is 22.7 Å². The highest BCUT2D eigenvalue weighted by Crippen LogP contribution is 2.43. The van der Waals surface area contributed by atoms with E-state index >= 15 is 0 Å². The number of aromatic nitrogens is 1. The third-order valence-corrected chi connectivity index (χ3v) is 6.17. The van der Waals surface area contributed by atoms with Gasteiger partial charge in [-0.15, -0.1) is 11.3 Å². The minimum absolute atomic E-state index is 0.0414. The van der Waals surface area contributed by atoms with E-state index in [1.807, 2.05) is 18.4 Å². The molecule has 1 atom stereocenters. The van der Waals surface area contributed by atoms with Crippen LogP contribution < -0.4 is 0 Å². The van der Waals surface area contributed by atoms with Crippen molar-refractivity contribution < 1.29 is 19.6 Å². The molecule has 1 aliphatic heterocycles. The van der Waals surface area contributed by atoms with Crippen LogP contribution in [0.25, 0.3) is 5.76 Å². The number of aliphatic hydroxyl groups is 1. The van der Waals surface area contributed by atoms with Crippen molar-refractivity contribution in [3.05, 3.63) is 97.5 Å². The molecule has 1 fully saturated rings. The molecule has 1 saturated heterocycles. The Bertz CT molecular complexity index is 1200. The molecule has 31 heavy (non-hydrogen) atoms. The summed E-state index contributed by atoms with van der Waals surface area (Å²) in [7, 11) is 0. The molecule has 156 valence electrons. The Hall–Kier alpha value is -3.85. The summed E-state index contributed by atoms with van der Waals surface area (Å²) in [5.41, 5.74) is 1.54. The number of rotatable bonds is 5. The van der Waals surface area contributed by atoms with Crippen LogP contribution in [0, 0.1) is 17.0 Å². The van der Waals surface area contributed by atoms with Crippen molar-refractivity contribution >= 4 is 34.5 Å². The van der Waals surface area contributed by atoms with Crippen molar-refractivity contribution in [2.45, 2.75) is 19.5 Å². The lowest BCUT2D eigenvalue weighted by molar-refractivity contribution is -0.384. The van der Waals surface area contributed by atoms with E-state index in [-0.39, 0.29) is 29.1 Å². The smallest absolute Gasteiger partial charge is 0.296 e. The third kappa shape index (κ3) is 3.71. The predicted octanol–water partition coefficient (Wildman–Crippen LogP) is 3.98. The second-order valence-corrected chi connectivity index (χ2v) is 7.97. The van der Waals surface area contributed by atoms with Crippen molar-refractivity contribution in [2.75, 3.05) is 0 Å². The van der Waals surface area contributed by atoms with E-state index in [2.05, 4.69) is 4.98 Å². The van der Waals surface area contributed by atoms with E-state index < -0.39 is 22.7 Å². The van der Waals surface area contributed by atoms with Crippen LogP contribution in [0.2, 0.25) is 0 Å².